The van der Waals surface area contributed by atoms with Crippen molar-refractivity contribution in [3.8, 4) is 0 Å². The topological polar surface area (TPSA) is 61.6 Å². The van der Waals surface area contributed by atoms with Crippen molar-refractivity contribution in [2.45, 2.75) is 25.4 Å². The van der Waals surface area contributed by atoms with E-state index in [4.69, 9.17) is 15.2 Å². The average Bonchev–Trinajstić information content (AvgIpc) is 2.82. The molecular formula is C13H17NO3. The molecule has 4 nitrogen and oxygen atoms in total. The normalized spacial score (nSPS) is 19.2. The summed E-state index contributed by atoms with van der Waals surface area (Å²) in [6, 6.07) is 7.32. The lowest BCUT2D eigenvalue weighted by Crippen LogP contribution is -2.19. The van der Waals surface area contributed by atoms with Gasteiger partial charge < -0.3 is 15.2 Å². The number of nitrogens with two attached hydrogens (primary N) is 1. The Morgan fingerprint density at radius 1 is 1.47 bits per heavy atom. The fourth-order valence-electron chi connectivity index (χ4n) is 1.86. The Morgan fingerprint density at radius 2 is 2.29 bits per heavy atom. The lowest BCUT2D eigenvalue weighted by molar-refractivity contribution is -0.146. The fraction of sp³-hybridized carbons (Fsp3) is 0.462. The van der Waals surface area contributed by atoms with Gasteiger partial charge in [-0.1, -0.05) is 18.2 Å². The second kappa shape index (κ2) is 5.68. The number of carbonyl (C=O) groups excluding carboxylic acids is 1. The zero-order valence-corrected chi connectivity index (χ0v) is 9.72. The molecule has 1 aromatic carbocycles. The summed E-state index contributed by atoms with van der Waals surface area (Å²) in [5, 5.41) is 0. The van der Waals surface area contributed by atoms with E-state index in [1.807, 2.05) is 18.2 Å². The molecule has 4 heteroatoms. The van der Waals surface area contributed by atoms with E-state index in [-0.39, 0.29) is 18.5 Å². The predicted octanol–water partition coefficient (Wildman–Crippen LogP) is 1.53. The first kappa shape index (κ1) is 11.9. The lowest BCUT2D eigenvalue weighted by atomic mass is 10.1. The van der Waals surface area contributed by atoms with Gasteiger partial charge in [0.25, 0.3) is 0 Å². The van der Waals surface area contributed by atoms with Gasteiger partial charge in [0.1, 0.15) is 6.61 Å². The highest BCUT2D eigenvalue weighted by Crippen LogP contribution is 2.14. The molecule has 0 aromatic heterocycles. The molecule has 0 aliphatic carbocycles. The molecule has 0 radical (unpaired) electrons. The van der Waals surface area contributed by atoms with Gasteiger partial charge in [-0.05, 0) is 24.5 Å². The van der Waals surface area contributed by atoms with E-state index in [2.05, 4.69) is 0 Å². The molecule has 0 spiro atoms. The third-order valence-corrected chi connectivity index (χ3v) is 2.84. The number of anilines is 1. The molecular weight excluding hydrogens is 218 g/mol. The molecule has 1 aliphatic heterocycles. The second-order valence-corrected chi connectivity index (χ2v) is 4.19. The van der Waals surface area contributed by atoms with Gasteiger partial charge in [-0.15, -0.1) is 0 Å². The van der Waals surface area contributed by atoms with Crippen molar-refractivity contribution in [1.29, 1.82) is 0 Å². The van der Waals surface area contributed by atoms with E-state index in [1.54, 1.807) is 6.07 Å². The molecule has 0 bridgehead atoms. The smallest absolute Gasteiger partial charge is 0.310 e. The minimum Gasteiger partial charge on any atom is -0.463 e. The third-order valence-electron chi connectivity index (χ3n) is 2.84. The molecule has 1 atom stereocenters. The average molecular weight is 235 g/mol. The number of hydrogen-bond acceptors (Lipinski definition) is 4. The SMILES string of the molecule is Nc1ccccc1CC(=O)OCC1CCCO1. The highest BCUT2D eigenvalue weighted by Gasteiger charge is 2.17. The van der Waals surface area contributed by atoms with E-state index >= 15 is 0 Å². The summed E-state index contributed by atoms with van der Waals surface area (Å²) in [6.07, 6.45) is 2.32. The Bertz CT molecular complexity index is 386. The van der Waals surface area contributed by atoms with Crippen LogP contribution < -0.4 is 5.73 Å². The van der Waals surface area contributed by atoms with Gasteiger partial charge in [-0.25, -0.2) is 0 Å². The number of rotatable bonds is 4. The number of benzene rings is 1. The molecule has 1 aliphatic rings. The zero-order chi connectivity index (χ0) is 12.1. The van der Waals surface area contributed by atoms with Crippen molar-refractivity contribution in [1.82, 2.24) is 0 Å². The number of nitrogen functional groups attached to an aromatic ring is 1. The Kier molecular flexibility index (Phi) is 3.98. The number of ether oxygens (including phenoxy) is 2. The van der Waals surface area contributed by atoms with E-state index in [0.717, 1.165) is 25.0 Å². The van der Waals surface area contributed by atoms with Gasteiger partial charge in [0.2, 0.25) is 0 Å². The lowest BCUT2D eigenvalue weighted by Gasteiger charge is -2.10. The van der Waals surface area contributed by atoms with Gasteiger partial charge in [0, 0.05) is 12.3 Å². The standard InChI is InChI=1S/C13H17NO3/c14-12-6-2-1-4-10(12)8-13(15)17-9-11-5-3-7-16-11/h1-2,4,6,11H,3,5,7-9,14H2. The maximum atomic E-state index is 11.6. The van der Waals surface area contributed by atoms with Crippen LogP contribution >= 0.6 is 0 Å². The first-order valence-electron chi connectivity index (χ1n) is 5.86. The van der Waals surface area contributed by atoms with Crippen molar-refractivity contribution in [2.75, 3.05) is 18.9 Å². The van der Waals surface area contributed by atoms with Gasteiger partial charge in [0.15, 0.2) is 0 Å². The van der Waals surface area contributed by atoms with Crippen LogP contribution in [0.3, 0.4) is 0 Å². The highest BCUT2D eigenvalue weighted by molar-refractivity contribution is 5.74. The van der Waals surface area contributed by atoms with Crippen molar-refractivity contribution >= 4 is 11.7 Å². The van der Waals surface area contributed by atoms with Crippen LogP contribution in [0, 0.1) is 0 Å². The summed E-state index contributed by atoms with van der Waals surface area (Å²) in [6.45, 7) is 1.12. The summed E-state index contributed by atoms with van der Waals surface area (Å²) < 4.78 is 10.5. The van der Waals surface area contributed by atoms with Crippen molar-refractivity contribution in [3.05, 3.63) is 29.8 Å². The maximum absolute atomic E-state index is 11.6. The summed E-state index contributed by atoms with van der Waals surface area (Å²) in [5.41, 5.74) is 7.19. The molecule has 1 unspecified atom stereocenters. The molecule has 2 rings (SSSR count). The molecule has 1 heterocycles. The van der Waals surface area contributed by atoms with Gasteiger partial charge in [-0.3, -0.25) is 4.79 Å². The minimum atomic E-state index is -0.251. The van der Waals surface area contributed by atoms with Crippen LogP contribution in [-0.2, 0) is 20.7 Å². The third kappa shape index (κ3) is 3.46. The van der Waals surface area contributed by atoms with Gasteiger partial charge >= 0.3 is 5.97 Å². The maximum Gasteiger partial charge on any atom is 0.310 e. The van der Waals surface area contributed by atoms with Crippen molar-refractivity contribution < 1.29 is 14.3 Å². The van der Waals surface area contributed by atoms with E-state index < -0.39 is 0 Å². The molecule has 2 N–H and O–H groups in total. The summed E-state index contributed by atoms with van der Waals surface area (Å²) in [4.78, 5) is 11.6. The monoisotopic (exact) mass is 235 g/mol. The van der Waals surface area contributed by atoms with Crippen LogP contribution in [0.15, 0.2) is 24.3 Å². The summed E-state index contributed by atoms with van der Waals surface area (Å²) in [7, 11) is 0. The number of esters is 1. The van der Waals surface area contributed by atoms with Crippen LogP contribution in [-0.4, -0.2) is 25.3 Å². The van der Waals surface area contributed by atoms with Crippen LogP contribution in [0.5, 0.6) is 0 Å². The quantitative estimate of drug-likeness (QED) is 0.635. The summed E-state index contributed by atoms with van der Waals surface area (Å²) in [5.74, 6) is -0.251. The molecule has 0 amide bonds. The first-order chi connectivity index (χ1) is 8.25. The summed E-state index contributed by atoms with van der Waals surface area (Å²) >= 11 is 0. The van der Waals surface area contributed by atoms with E-state index in [0.29, 0.717) is 12.3 Å². The highest BCUT2D eigenvalue weighted by atomic mass is 16.6. The van der Waals surface area contributed by atoms with E-state index in [1.165, 1.54) is 0 Å². The van der Waals surface area contributed by atoms with Crippen LogP contribution in [0.2, 0.25) is 0 Å². The van der Waals surface area contributed by atoms with Crippen LogP contribution in [0.4, 0.5) is 5.69 Å². The largest absolute Gasteiger partial charge is 0.463 e. The number of para-hydroxylation sites is 1. The Hall–Kier alpha value is -1.55. The van der Waals surface area contributed by atoms with Gasteiger partial charge in [0.05, 0.1) is 12.5 Å². The zero-order valence-electron chi connectivity index (χ0n) is 9.72. The van der Waals surface area contributed by atoms with Gasteiger partial charge in [-0.2, -0.15) is 0 Å². The molecule has 1 aromatic rings. The molecule has 1 fully saturated rings. The molecule has 0 saturated carbocycles. The fourth-order valence-corrected chi connectivity index (χ4v) is 1.86. The van der Waals surface area contributed by atoms with Crippen molar-refractivity contribution in [3.63, 3.8) is 0 Å². The first-order valence-corrected chi connectivity index (χ1v) is 5.86. The van der Waals surface area contributed by atoms with Crippen LogP contribution in [0.1, 0.15) is 18.4 Å². The predicted molar refractivity (Wildman–Crippen MR) is 64.5 cm³/mol. The Balaban J connectivity index is 1.79. The second-order valence-electron chi connectivity index (χ2n) is 4.19. The van der Waals surface area contributed by atoms with Crippen LogP contribution in [0.25, 0.3) is 0 Å². The number of hydrogen-bond donors (Lipinski definition) is 1. The van der Waals surface area contributed by atoms with E-state index in [9.17, 15) is 4.79 Å². The minimum absolute atomic E-state index is 0.0760. The molecule has 17 heavy (non-hydrogen) atoms. The Morgan fingerprint density at radius 3 is 3.00 bits per heavy atom. The Labute approximate surface area is 101 Å². The molecule has 92 valence electrons. The van der Waals surface area contributed by atoms with Crippen molar-refractivity contribution in [2.24, 2.45) is 0 Å². The number of carbonyl (C=O) groups is 1. The molecule has 1 saturated heterocycles.